The highest BCUT2D eigenvalue weighted by Gasteiger charge is 2.24. The molecule has 1 aromatic heterocycles. The SMILES string of the molecule is Cc1cc2c(s1)C(C(C)N)CCC2. The van der Waals surface area contributed by atoms with Gasteiger partial charge in [0.05, 0.1) is 0 Å². The molecule has 2 unspecified atom stereocenters. The predicted molar refractivity (Wildman–Crippen MR) is 58.4 cm³/mol. The molecule has 0 aromatic carbocycles. The molecule has 2 atom stereocenters. The topological polar surface area (TPSA) is 26.0 Å². The van der Waals surface area contributed by atoms with Crippen molar-refractivity contribution in [3.63, 3.8) is 0 Å². The van der Waals surface area contributed by atoms with Gasteiger partial charge in [-0.05, 0) is 44.7 Å². The molecule has 72 valence electrons. The number of fused-ring (bicyclic) bond motifs is 1. The number of hydrogen-bond acceptors (Lipinski definition) is 2. The van der Waals surface area contributed by atoms with E-state index in [9.17, 15) is 0 Å². The maximum Gasteiger partial charge on any atom is 0.0126 e. The molecule has 13 heavy (non-hydrogen) atoms. The first-order valence-electron chi connectivity index (χ1n) is 5.03. The van der Waals surface area contributed by atoms with Crippen molar-refractivity contribution in [1.29, 1.82) is 0 Å². The van der Waals surface area contributed by atoms with Gasteiger partial charge in [0.25, 0.3) is 0 Å². The van der Waals surface area contributed by atoms with Crippen molar-refractivity contribution in [3.8, 4) is 0 Å². The third-order valence-corrected chi connectivity index (χ3v) is 4.12. The zero-order valence-corrected chi connectivity index (χ0v) is 9.16. The van der Waals surface area contributed by atoms with Crippen LogP contribution in [-0.2, 0) is 6.42 Å². The van der Waals surface area contributed by atoms with Gasteiger partial charge in [0, 0.05) is 21.7 Å². The summed E-state index contributed by atoms with van der Waals surface area (Å²) < 4.78 is 0. The second-order valence-electron chi connectivity index (χ2n) is 4.10. The van der Waals surface area contributed by atoms with Crippen molar-refractivity contribution in [2.24, 2.45) is 5.73 Å². The molecule has 0 bridgehead atoms. The van der Waals surface area contributed by atoms with E-state index < -0.39 is 0 Å². The van der Waals surface area contributed by atoms with Crippen molar-refractivity contribution in [2.75, 3.05) is 0 Å². The van der Waals surface area contributed by atoms with Gasteiger partial charge >= 0.3 is 0 Å². The molecule has 0 saturated carbocycles. The van der Waals surface area contributed by atoms with Gasteiger partial charge in [0.15, 0.2) is 0 Å². The lowest BCUT2D eigenvalue weighted by molar-refractivity contribution is 0.494. The van der Waals surface area contributed by atoms with Crippen LogP contribution in [0.25, 0.3) is 0 Å². The smallest absolute Gasteiger partial charge is 0.0126 e. The fourth-order valence-electron chi connectivity index (χ4n) is 2.24. The van der Waals surface area contributed by atoms with E-state index in [1.165, 1.54) is 24.1 Å². The van der Waals surface area contributed by atoms with Gasteiger partial charge in [-0.15, -0.1) is 11.3 Å². The average Bonchev–Trinajstić information content (AvgIpc) is 2.43. The summed E-state index contributed by atoms with van der Waals surface area (Å²) in [6.07, 6.45) is 3.86. The molecule has 0 fully saturated rings. The Morgan fingerprint density at radius 3 is 3.08 bits per heavy atom. The zero-order valence-electron chi connectivity index (χ0n) is 8.34. The van der Waals surface area contributed by atoms with Gasteiger partial charge in [-0.25, -0.2) is 0 Å². The van der Waals surface area contributed by atoms with Crippen LogP contribution in [0.15, 0.2) is 6.07 Å². The molecule has 1 aliphatic carbocycles. The lowest BCUT2D eigenvalue weighted by Gasteiger charge is -2.25. The normalized spacial score (nSPS) is 24.1. The van der Waals surface area contributed by atoms with E-state index in [0.29, 0.717) is 12.0 Å². The van der Waals surface area contributed by atoms with Crippen LogP contribution in [0.2, 0.25) is 0 Å². The Labute approximate surface area is 84.0 Å². The molecule has 0 saturated heterocycles. The van der Waals surface area contributed by atoms with Crippen molar-refractivity contribution >= 4 is 11.3 Å². The van der Waals surface area contributed by atoms with E-state index in [4.69, 9.17) is 5.73 Å². The van der Waals surface area contributed by atoms with E-state index in [1.54, 1.807) is 10.4 Å². The third-order valence-electron chi connectivity index (χ3n) is 2.90. The highest BCUT2D eigenvalue weighted by molar-refractivity contribution is 7.12. The quantitative estimate of drug-likeness (QED) is 0.732. The number of nitrogens with two attached hydrogens (primary N) is 1. The van der Waals surface area contributed by atoms with Crippen molar-refractivity contribution in [1.82, 2.24) is 0 Å². The van der Waals surface area contributed by atoms with Gasteiger partial charge in [0.1, 0.15) is 0 Å². The summed E-state index contributed by atoms with van der Waals surface area (Å²) in [5.41, 5.74) is 7.56. The first kappa shape index (κ1) is 9.22. The summed E-state index contributed by atoms with van der Waals surface area (Å²) in [5, 5.41) is 0. The molecule has 1 aliphatic rings. The summed E-state index contributed by atoms with van der Waals surface area (Å²) in [7, 11) is 0. The molecule has 0 spiro atoms. The van der Waals surface area contributed by atoms with E-state index >= 15 is 0 Å². The van der Waals surface area contributed by atoms with Crippen molar-refractivity contribution in [2.45, 2.75) is 45.1 Å². The lowest BCUT2D eigenvalue weighted by Crippen LogP contribution is -2.26. The van der Waals surface area contributed by atoms with Crippen LogP contribution in [0, 0.1) is 6.92 Å². The van der Waals surface area contributed by atoms with Crippen molar-refractivity contribution < 1.29 is 0 Å². The van der Waals surface area contributed by atoms with Gasteiger partial charge in [0.2, 0.25) is 0 Å². The van der Waals surface area contributed by atoms with E-state index in [1.807, 2.05) is 11.3 Å². The molecular formula is C11H17NS. The maximum absolute atomic E-state index is 6.00. The first-order chi connectivity index (χ1) is 6.18. The van der Waals surface area contributed by atoms with Crippen LogP contribution >= 0.6 is 11.3 Å². The van der Waals surface area contributed by atoms with Gasteiger partial charge in [-0.2, -0.15) is 0 Å². The molecule has 1 nitrogen and oxygen atoms in total. The Kier molecular flexibility index (Phi) is 2.43. The van der Waals surface area contributed by atoms with Gasteiger partial charge < -0.3 is 5.73 Å². The highest BCUT2D eigenvalue weighted by atomic mass is 32.1. The number of aryl methyl sites for hydroxylation is 2. The largest absolute Gasteiger partial charge is 0.327 e. The predicted octanol–water partition coefficient (Wildman–Crippen LogP) is 2.82. The zero-order chi connectivity index (χ0) is 9.42. The molecule has 0 amide bonds. The molecule has 0 radical (unpaired) electrons. The summed E-state index contributed by atoms with van der Waals surface area (Å²) in [5.74, 6) is 0.627. The van der Waals surface area contributed by atoms with Gasteiger partial charge in [-0.3, -0.25) is 0 Å². The number of hydrogen-bond donors (Lipinski definition) is 1. The monoisotopic (exact) mass is 195 g/mol. The molecule has 1 aromatic rings. The third kappa shape index (κ3) is 1.65. The van der Waals surface area contributed by atoms with E-state index in [-0.39, 0.29) is 0 Å². The minimum atomic E-state index is 0.317. The average molecular weight is 195 g/mol. The van der Waals surface area contributed by atoms with E-state index in [2.05, 4.69) is 19.9 Å². The Morgan fingerprint density at radius 1 is 1.62 bits per heavy atom. The highest BCUT2D eigenvalue weighted by Crippen LogP contribution is 2.38. The maximum atomic E-state index is 6.00. The second-order valence-corrected chi connectivity index (χ2v) is 5.39. The summed E-state index contributed by atoms with van der Waals surface area (Å²) in [6.45, 7) is 4.33. The standard InChI is InChI=1S/C11H17NS/c1-7-6-9-4-3-5-10(8(2)12)11(9)13-7/h6,8,10H,3-5,12H2,1-2H3. The number of thiophene rings is 1. The molecule has 2 N–H and O–H groups in total. The van der Waals surface area contributed by atoms with Crippen LogP contribution < -0.4 is 5.73 Å². The summed E-state index contributed by atoms with van der Waals surface area (Å²) >= 11 is 1.95. The van der Waals surface area contributed by atoms with E-state index in [0.717, 1.165) is 0 Å². The number of rotatable bonds is 1. The molecule has 0 aliphatic heterocycles. The summed E-state index contributed by atoms with van der Waals surface area (Å²) in [6, 6.07) is 2.66. The molecular weight excluding hydrogens is 178 g/mol. The molecule has 2 heteroatoms. The Hall–Kier alpha value is -0.340. The minimum Gasteiger partial charge on any atom is -0.327 e. The fraction of sp³-hybridized carbons (Fsp3) is 0.636. The van der Waals surface area contributed by atoms with Crippen LogP contribution in [0.1, 0.15) is 41.0 Å². The second kappa shape index (κ2) is 3.43. The first-order valence-corrected chi connectivity index (χ1v) is 5.85. The summed E-state index contributed by atoms with van der Waals surface area (Å²) in [4.78, 5) is 3.01. The lowest BCUT2D eigenvalue weighted by atomic mass is 9.85. The molecule has 2 rings (SSSR count). The fourth-order valence-corrected chi connectivity index (χ4v) is 3.56. The Bertz CT molecular complexity index is 301. The Morgan fingerprint density at radius 2 is 2.38 bits per heavy atom. The van der Waals surface area contributed by atoms with Crippen LogP contribution in [-0.4, -0.2) is 6.04 Å². The van der Waals surface area contributed by atoms with Crippen LogP contribution in [0.5, 0.6) is 0 Å². The van der Waals surface area contributed by atoms with Gasteiger partial charge in [-0.1, -0.05) is 0 Å². The van der Waals surface area contributed by atoms with Crippen LogP contribution in [0.4, 0.5) is 0 Å². The Balaban J connectivity index is 2.36. The van der Waals surface area contributed by atoms with Crippen molar-refractivity contribution in [3.05, 3.63) is 21.4 Å². The van der Waals surface area contributed by atoms with Crippen LogP contribution in [0.3, 0.4) is 0 Å². The molecule has 1 heterocycles. The minimum absolute atomic E-state index is 0.317.